The first-order valence-corrected chi connectivity index (χ1v) is 7.79. The van der Waals surface area contributed by atoms with Gasteiger partial charge in [-0.1, -0.05) is 36.4 Å². The van der Waals surface area contributed by atoms with E-state index in [4.69, 9.17) is 4.42 Å². The monoisotopic (exact) mass is 330 g/mol. The molecule has 4 rings (SSSR count). The van der Waals surface area contributed by atoms with Crippen LogP contribution in [0.3, 0.4) is 0 Å². The second kappa shape index (κ2) is 5.87. The van der Waals surface area contributed by atoms with Gasteiger partial charge in [0.05, 0.1) is 5.69 Å². The molecule has 0 saturated carbocycles. The summed E-state index contributed by atoms with van der Waals surface area (Å²) in [5, 5.41) is 21.3. The van der Waals surface area contributed by atoms with Crippen LogP contribution in [0.25, 0.3) is 21.7 Å². The summed E-state index contributed by atoms with van der Waals surface area (Å²) in [7, 11) is 0. The molecule has 3 aromatic carbocycles. The summed E-state index contributed by atoms with van der Waals surface area (Å²) in [6.45, 7) is 1.81. The van der Waals surface area contributed by atoms with E-state index in [2.05, 4.69) is 10.2 Å². The van der Waals surface area contributed by atoms with Gasteiger partial charge in [-0.2, -0.15) is 0 Å². The highest BCUT2D eigenvalue weighted by Crippen LogP contribution is 2.37. The van der Waals surface area contributed by atoms with Gasteiger partial charge in [0.1, 0.15) is 5.75 Å². The molecule has 0 aliphatic heterocycles. The number of rotatable bonds is 2. The summed E-state index contributed by atoms with van der Waals surface area (Å²) < 4.78 is 5.26. The number of aromatic hydroxyl groups is 1. The predicted octanol–water partition coefficient (Wildman–Crippen LogP) is 5.38. The Labute approximate surface area is 142 Å². The van der Waals surface area contributed by atoms with Crippen LogP contribution in [0.1, 0.15) is 5.56 Å². The van der Waals surface area contributed by atoms with Crippen LogP contribution in [0.15, 0.2) is 80.1 Å². The van der Waals surface area contributed by atoms with E-state index in [0.717, 1.165) is 16.3 Å². The molecule has 0 unspecified atom stereocenters. The number of hydrogen-bond acceptors (Lipinski definition) is 5. The average molecular weight is 330 g/mol. The molecule has 1 heterocycles. The van der Waals surface area contributed by atoms with Gasteiger partial charge in [0.25, 0.3) is 0 Å². The maximum absolute atomic E-state index is 11.7. The second-order valence-corrected chi connectivity index (χ2v) is 5.76. The third-order valence-corrected chi connectivity index (χ3v) is 4.10. The van der Waals surface area contributed by atoms with Crippen molar-refractivity contribution in [3.8, 4) is 5.75 Å². The van der Waals surface area contributed by atoms with Crippen LogP contribution in [0.2, 0.25) is 0 Å². The Balaban J connectivity index is 1.92. The third kappa shape index (κ3) is 2.65. The first kappa shape index (κ1) is 15.1. The summed E-state index contributed by atoms with van der Waals surface area (Å²) >= 11 is 0. The van der Waals surface area contributed by atoms with Crippen LogP contribution in [-0.4, -0.2) is 5.11 Å². The van der Waals surface area contributed by atoms with Crippen molar-refractivity contribution in [2.24, 2.45) is 10.2 Å². The van der Waals surface area contributed by atoms with E-state index in [1.165, 1.54) is 12.1 Å². The highest BCUT2D eigenvalue weighted by molar-refractivity contribution is 5.93. The van der Waals surface area contributed by atoms with Crippen LogP contribution in [0.5, 0.6) is 5.75 Å². The fraction of sp³-hybridized carbons (Fsp3) is 0.0500. The van der Waals surface area contributed by atoms with Gasteiger partial charge in [-0.25, -0.2) is 4.79 Å². The Morgan fingerprint density at radius 1 is 0.920 bits per heavy atom. The van der Waals surface area contributed by atoms with Crippen molar-refractivity contribution in [2.45, 2.75) is 6.92 Å². The molecule has 0 spiro atoms. The number of nitrogens with zero attached hydrogens (tertiary/aromatic N) is 2. The van der Waals surface area contributed by atoms with Crippen LogP contribution >= 0.6 is 0 Å². The normalized spacial score (nSPS) is 11.6. The van der Waals surface area contributed by atoms with Gasteiger partial charge in [-0.15, -0.1) is 10.2 Å². The number of aryl methyl sites for hydroxylation is 1. The maximum atomic E-state index is 11.7. The molecule has 0 radical (unpaired) electrons. The zero-order valence-electron chi connectivity index (χ0n) is 13.4. The lowest BCUT2D eigenvalue weighted by atomic mass is 10.1. The topological polar surface area (TPSA) is 75.2 Å². The van der Waals surface area contributed by atoms with E-state index >= 15 is 0 Å². The fourth-order valence-electron chi connectivity index (χ4n) is 2.86. The van der Waals surface area contributed by atoms with Crippen molar-refractivity contribution < 1.29 is 9.52 Å². The molecule has 122 valence electrons. The summed E-state index contributed by atoms with van der Waals surface area (Å²) in [5.74, 6) is -0.0924. The number of azo groups is 1. The quantitative estimate of drug-likeness (QED) is 0.396. The van der Waals surface area contributed by atoms with Gasteiger partial charge < -0.3 is 9.52 Å². The number of phenolic OH excluding ortho intramolecular Hbond substituents is 1. The molecular formula is C20H14N2O3. The van der Waals surface area contributed by atoms with Crippen molar-refractivity contribution in [3.63, 3.8) is 0 Å². The highest BCUT2D eigenvalue weighted by atomic mass is 16.4. The zero-order chi connectivity index (χ0) is 17.4. The molecule has 5 nitrogen and oxygen atoms in total. The SMILES string of the molecule is Cc1cc(=O)oc2c(N=Nc3cccc4ccccc34)c(O)ccc12. The lowest BCUT2D eigenvalue weighted by molar-refractivity contribution is 0.474. The molecule has 1 N–H and O–H groups in total. The van der Waals surface area contributed by atoms with Crippen molar-refractivity contribution in [2.75, 3.05) is 0 Å². The van der Waals surface area contributed by atoms with Crippen molar-refractivity contribution in [1.29, 1.82) is 0 Å². The second-order valence-electron chi connectivity index (χ2n) is 5.76. The molecule has 25 heavy (non-hydrogen) atoms. The van der Waals surface area contributed by atoms with Crippen LogP contribution in [0.4, 0.5) is 11.4 Å². The molecule has 0 atom stereocenters. The highest BCUT2D eigenvalue weighted by Gasteiger charge is 2.12. The Morgan fingerprint density at radius 2 is 1.72 bits per heavy atom. The van der Waals surface area contributed by atoms with Crippen LogP contribution < -0.4 is 5.63 Å². The number of fused-ring (bicyclic) bond motifs is 2. The minimum Gasteiger partial charge on any atom is -0.505 e. The molecule has 0 amide bonds. The van der Waals surface area contributed by atoms with Crippen molar-refractivity contribution in [1.82, 2.24) is 0 Å². The summed E-state index contributed by atoms with van der Waals surface area (Å²) in [6.07, 6.45) is 0. The number of phenols is 1. The Morgan fingerprint density at radius 3 is 2.60 bits per heavy atom. The fourth-order valence-corrected chi connectivity index (χ4v) is 2.86. The molecular weight excluding hydrogens is 316 g/mol. The van der Waals surface area contributed by atoms with Crippen molar-refractivity contribution in [3.05, 3.63) is 76.6 Å². The molecule has 0 bridgehead atoms. The zero-order valence-corrected chi connectivity index (χ0v) is 13.4. The van der Waals surface area contributed by atoms with Crippen molar-refractivity contribution >= 4 is 33.1 Å². The number of hydrogen-bond donors (Lipinski definition) is 1. The molecule has 0 saturated heterocycles. The summed E-state index contributed by atoms with van der Waals surface area (Å²) in [5.41, 5.74) is 1.31. The minimum absolute atomic E-state index is 0.0924. The van der Waals surface area contributed by atoms with E-state index in [9.17, 15) is 9.90 Å². The molecule has 5 heteroatoms. The van der Waals surface area contributed by atoms with Crippen LogP contribution in [-0.2, 0) is 0 Å². The Kier molecular flexibility index (Phi) is 3.54. The molecule has 4 aromatic rings. The largest absolute Gasteiger partial charge is 0.505 e. The van der Waals surface area contributed by atoms with Gasteiger partial charge >= 0.3 is 5.63 Å². The van der Waals surface area contributed by atoms with Gasteiger partial charge in [0.2, 0.25) is 0 Å². The van der Waals surface area contributed by atoms with Gasteiger partial charge in [0.15, 0.2) is 11.3 Å². The van der Waals surface area contributed by atoms with E-state index in [1.54, 1.807) is 6.07 Å². The van der Waals surface area contributed by atoms with E-state index in [1.807, 2.05) is 49.4 Å². The van der Waals surface area contributed by atoms with Crippen LogP contribution in [0, 0.1) is 6.92 Å². The lowest BCUT2D eigenvalue weighted by Gasteiger charge is -2.05. The predicted molar refractivity (Wildman–Crippen MR) is 97.0 cm³/mol. The summed E-state index contributed by atoms with van der Waals surface area (Å²) in [4.78, 5) is 11.7. The maximum Gasteiger partial charge on any atom is 0.336 e. The average Bonchev–Trinajstić information content (AvgIpc) is 2.60. The lowest BCUT2D eigenvalue weighted by Crippen LogP contribution is -1.97. The standard InChI is InChI=1S/C20H14N2O3/c1-12-11-18(24)25-20-14(12)9-10-17(23)19(20)22-21-16-8-4-6-13-5-2-3-7-15(13)16/h2-11,23H,1H3. The van der Waals surface area contributed by atoms with E-state index in [-0.39, 0.29) is 17.0 Å². The molecule has 0 fully saturated rings. The smallest absolute Gasteiger partial charge is 0.336 e. The number of benzene rings is 3. The van der Waals surface area contributed by atoms with Gasteiger partial charge in [0, 0.05) is 16.8 Å². The first-order valence-electron chi connectivity index (χ1n) is 7.79. The Bertz CT molecular complexity index is 1190. The molecule has 1 aromatic heterocycles. The van der Waals surface area contributed by atoms with E-state index < -0.39 is 5.63 Å². The Hall–Kier alpha value is -3.47. The molecule has 0 aliphatic rings. The van der Waals surface area contributed by atoms with Gasteiger partial charge in [-0.05, 0) is 36.1 Å². The third-order valence-electron chi connectivity index (χ3n) is 4.10. The minimum atomic E-state index is -0.489. The van der Waals surface area contributed by atoms with E-state index in [0.29, 0.717) is 11.1 Å². The van der Waals surface area contributed by atoms with Gasteiger partial charge in [-0.3, -0.25) is 0 Å². The molecule has 0 aliphatic carbocycles. The summed E-state index contributed by atoms with van der Waals surface area (Å²) in [6, 6.07) is 18.2. The first-order chi connectivity index (χ1) is 12.1.